The van der Waals surface area contributed by atoms with Crippen molar-refractivity contribution in [3.8, 4) is 0 Å². The van der Waals surface area contributed by atoms with Crippen LogP contribution in [0, 0.1) is 23.2 Å². The van der Waals surface area contributed by atoms with Gasteiger partial charge in [0.15, 0.2) is 0 Å². The summed E-state index contributed by atoms with van der Waals surface area (Å²) in [5.41, 5.74) is 0.850. The van der Waals surface area contributed by atoms with Gasteiger partial charge in [0.1, 0.15) is 0 Å². The van der Waals surface area contributed by atoms with Crippen molar-refractivity contribution in [2.24, 2.45) is 23.2 Å². The molecule has 1 nitrogen and oxygen atoms in total. The molecular weight excluding hydrogens is 299 g/mol. The Morgan fingerprint density at radius 1 is 1.16 bits per heavy atom. The normalized spacial score (nSPS) is 51.9. The number of hydrogen-bond acceptors (Lipinski definition) is 1. The third kappa shape index (κ3) is 2.14. The van der Waals surface area contributed by atoms with Gasteiger partial charge < -0.3 is 0 Å². The van der Waals surface area contributed by atoms with Gasteiger partial charge in [-0.15, -0.1) is 0 Å². The van der Waals surface area contributed by atoms with Crippen molar-refractivity contribution in [1.29, 1.82) is 0 Å². The summed E-state index contributed by atoms with van der Waals surface area (Å²) in [5, 5.41) is 0. The van der Waals surface area contributed by atoms with Gasteiger partial charge >= 0.3 is 125 Å². The van der Waals surface area contributed by atoms with Crippen molar-refractivity contribution in [3.63, 3.8) is 0 Å². The Morgan fingerprint density at radius 3 is 2.47 bits per heavy atom. The molecule has 0 saturated heterocycles. The van der Waals surface area contributed by atoms with Crippen LogP contribution >= 0.6 is 0 Å². The van der Waals surface area contributed by atoms with Crippen LogP contribution in [0.15, 0.2) is 0 Å². The van der Waals surface area contributed by atoms with E-state index in [9.17, 15) is 0 Å². The SMILES string of the molecule is COC1(C)CCCC1[Se][C@H]1C[C@@H]2C[C@H]([C@H]1C)C2(C)C. The van der Waals surface area contributed by atoms with Crippen LogP contribution in [-0.2, 0) is 4.74 Å². The Balaban J connectivity index is 1.66. The second-order valence-corrected chi connectivity index (χ2v) is 11.1. The van der Waals surface area contributed by atoms with Crippen molar-refractivity contribution >= 4 is 15.0 Å². The second kappa shape index (κ2) is 4.75. The van der Waals surface area contributed by atoms with E-state index >= 15 is 0 Å². The molecule has 19 heavy (non-hydrogen) atoms. The van der Waals surface area contributed by atoms with Gasteiger partial charge in [-0.05, 0) is 0 Å². The molecule has 0 aromatic rings. The first kappa shape index (κ1) is 14.4. The van der Waals surface area contributed by atoms with Crippen LogP contribution in [-0.4, -0.2) is 27.7 Å². The fraction of sp³-hybridized carbons (Fsp3) is 1.00. The van der Waals surface area contributed by atoms with E-state index in [0.717, 1.165) is 42.3 Å². The van der Waals surface area contributed by atoms with Crippen LogP contribution in [0.1, 0.15) is 59.8 Å². The fourth-order valence-corrected chi connectivity index (χ4v) is 9.26. The van der Waals surface area contributed by atoms with E-state index in [1.165, 1.54) is 32.1 Å². The Kier molecular flexibility index (Phi) is 3.60. The monoisotopic (exact) mass is 330 g/mol. The standard InChI is InChI=1S/C17H30OSe/c1-11-13-9-12(16(13,2)3)10-14(11)19-15-7-6-8-17(15,4)18-5/h11-15H,6-10H2,1-5H3/t11-,12+,13-,14+,15?,17?/m1/s1. The Hall–Kier alpha value is 0.479. The van der Waals surface area contributed by atoms with Gasteiger partial charge in [0, 0.05) is 0 Å². The first-order chi connectivity index (χ1) is 8.88. The average Bonchev–Trinajstić information content (AvgIpc) is 2.73. The van der Waals surface area contributed by atoms with E-state index in [1.807, 2.05) is 7.11 Å². The number of rotatable bonds is 3. The van der Waals surface area contributed by atoms with Crippen LogP contribution in [0.25, 0.3) is 0 Å². The summed E-state index contributed by atoms with van der Waals surface area (Å²) in [4.78, 5) is 1.90. The molecule has 0 heterocycles. The predicted molar refractivity (Wildman–Crippen MR) is 81.7 cm³/mol. The van der Waals surface area contributed by atoms with Gasteiger partial charge in [0.05, 0.1) is 0 Å². The maximum absolute atomic E-state index is 5.88. The van der Waals surface area contributed by atoms with Crippen molar-refractivity contribution in [1.82, 2.24) is 0 Å². The molecule has 0 aromatic carbocycles. The van der Waals surface area contributed by atoms with Crippen LogP contribution in [0.5, 0.6) is 0 Å². The topological polar surface area (TPSA) is 9.23 Å². The second-order valence-electron chi connectivity index (χ2n) is 8.03. The van der Waals surface area contributed by atoms with E-state index in [4.69, 9.17) is 4.74 Å². The van der Waals surface area contributed by atoms with Crippen molar-refractivity contribution < 1.29 is 4.74 Å². The van der Waals surface area contributed by atoms with Crippen LogP contribution in [0.3, 0.4) is 0 Å². The number of methoxy groups -OCH3 is 1. The van der Waals surface area contributed by atoms with E-state index < -0.39 is 0 Å². The third-order valence-corrected chi connectivity index (χ3v) is 11.2. The van der Waals surface area contributed by atoms with Crippen LogP contribution < -0.4 is 0 Å². The van der Waals surface area contributed by atoms with Gasteiger partial charge in [0.2, 0.25) is 0 Å². The summed E-state index contributed by atoms with van der Waals surface area (Å²) in [6.07, 6.45) is 7.13. The average molecular weight is 329 g/mol. The van der Waals surface area contributed by atoms with E-state index in [-0.39, 0.29) is 5.60 Å². The minimum absolute atomic E-state index is 0.205. The Labute approximate surface area is 125 Å². The van der Waals surface area contributed by atoms with Crippen molar-refractivity contribution in [2.75, 3.05) is 7.11 Å². The molecule has 0 N–H and O–H groups in total. The molecule has 4 rings (SSSR count). The molecule has 0 aromatic heterocycles. The molecular formula is C17H30OSe. The molecule has 6 atom stereocenters. The van der Waals surface area contributed by atoms with Crippen LogP contribution in [0.2, 0.25) is 9.63 Å². The van der Waals surface area contributed by atoms with Gasteiger partial charge in [0.25, 0.3) is 0 Å². The molecule has 4 aliphatic carbocycles. The minimum atomic E-state index is 0.205. The molecule has 4 aliphatic rings. The fourth-order valence-electron chi connectivity index (χ4n) is 5.04. The van der Waals surface area contributed by atoms with E-state index in [2.05, 4.69) is 27.7 Å². The molecule has 0 radical (unpaired) electrons. The van der Waals surface area contributed by atoms with E-state index in [0.29, 0.717) is 5.41 Å². The van der Waals surface area contributed by atoms with E-state index in [1.54, 1.807) is 0 Å². The maximum atomic E-state index is 5.88. The summed E-state index contributed by atoms with van der Waals surface area (Å²) >= 11 is 0.786. The van der Waals surface area contributed by atoms with Gasteiger partial charge in [-0.2, -0.15) is 0 Å². The quantitative estimate of drug-likeness (QED) is 0.690. The zero-order valence-corrected chi connectivity index (χ0v) is 15.0. The number of fused-ring (bicyclic) bond motifs is 2. The van der Waals surface area contributed by atoms with Gasteiger partial charge in [-0.1, -0.05) is 0 Å². The molecule has 0 aliphatic heterocycles. The summed E-state index contributed by atoms with van der Waals surface area (Å²) in [6, 6.07) is 0. The van der Waals surface area contributed by atoms with Gasteiger partial charge in [-0.25, -0.2) is 0 Å². The summed E-state index contributed by atoms with van der Waals surface area (Å²) < 4.78 is 5.88. The molecule has 2 unspecified atom stereocenters. The number of ether oxygens (including phenoxy) is 1. The number of hydrogen-bond donors (Lipinski definition) is 0. The Bertz CT molecular complexity index is 353. The molecule has 0 spiro atoms. The summed E-state index contributed by atoms with van der Waals surface area (Å²) in [7, 11) is 1.93. The van der Waals surface area contributed by atoms with Crippen molar-refractivity contribution in [3.05, 3.63) is 0 Å². The van der Waals surface area contributed by atoms with Crippen molar-refractivity contribution in [2.45, 2.75) is 75.0 Å². The molecule has 2 bridgehead atoms. The predicted octanol–water partition coefficient (Wildman–Crippen LogP) is 4.56. The first-order valence-electron chi connectivity index (χ1n) is 8.09. The molecule has 110 valence electrons. The van der Waals surface area contributed by atoms with Crippen LogP contribution in [0.4, 0.5) is 0 Å². The molecule has 2 heteroatoms. The Morgan fingerprint density at radius 2 is 1.89 bits per heavy atom. The first-order valence-corrected chi connectivity index (χ1v) is 10.1. The zero-order chi connectivity index (χ0) is 13.8. The zero-order valence-electron chi connectivity index (χ0n) is 13.2. The third-order valence-electron chi connectivity index (χ3n) is 6.91. The molecule has 4 fully saturated rings. The molecule has 4 saturated carbocycles. The summed E-state index contributed by atoms with van der Waals surface area (Å²) in [6.45, 7) is 9.94. The molecule has 0 amide bonds. The summed E-state index contributed by atoms with van der Waals surface area (Å²) in [5.74, 6) is 2.99. The van der Waals surface area contributed by atoms with Gasteiger partial charge in [-0.3, -0.25) is 0 Å².